The van der Waals surface area contributed by atoms with Crippen molar-refractivity contribution in [3.05, 3.63) is 59.1 Å². The van der Waals surface area contributed by atoms with Gasteiger partial charge in [0.2, 0.25) is 0 Å². The van der Waals surface area contributed by atoms with Crippen molar-refractivity contribution >= 4 is 29.2 Å². The van der Waals surface area contributed by atoms with Gasteiger partial charge in [0.15, 0.2) is 6.61 Å². The molecule has 0 aliphatic carbocycles. The second-order valence-corrected chi connectivity index (χ2v) is 5.51. The monoisotopic (exact) mass is 347 g/mol. The zero-order valence-corrected chi connectivity index (χ0v) is 14.0. The molecule has 0 aliphatic rings. The van der Waals surface area contributed by atoms with Crippen LogP contribution in [0.4, 0.5) is 5.69 Å². The SMILES string of the molecule is Cc1ccc(OCCC(=O)OCC(=O)Nc2ccccc2Cl)cc1. The molecule has 6 heteroatoms. The lowest BCUT2D eigenvalue weighted by molar-refractivity contribution is -0.147. The number of aryl methyl sites for hydroxylation is 1. The minimum atomic E-state index is -0.503. The number of carbonyl (C=O) groups excluding carboxylic acids is 2. The summed E-state index contributed by atoms with van der Waals surface area (Å²) in [6, 6.07) is 14.3. The zero-order chi connectivity index (χ0) is 17.4. The average molecular weight is 348 g/mol. The van der Waals surface area contributed by atoms with Crippen LogP contribution in [-0.4, -0.2) is 25.1 Å². The summed E-state index contributed by atoms with van der Waals surface area (Å²) in [5.74, 6) is -0.266. The molecule has 24 heavy (non-hydrogen) atoms. The van der Waals surface area contributed by atoms with Gasteiger partial charge >= 0.3 is 5.97 Å². The molecule has 0 saturated carbocycles. The molecule has 5 nitrogen and oxygen atoms in total. The van der Waals surface area contributed by atoms with Crippen LogP contribution in [0.1, 0.15) is 12.0 Å². The van der Waals surface area contributed by atoms with E-state index < -0.39 is 11.9 Å². The minimum Gasteiger partial charge on any atom is -0.493 e. The van der Waals surface area contributed by atoms with Crippen LogP contribution in [0.15, 0.2) is 48.5 Å². The molecule has 0 fully saturated rings. The Morgan fingerprint density at radius 2 is 1.79 bits per heavy atom. The maximum Gasteiger partial charge on any atom is 0.309 e. The van der Waals surface area contributed by atoms with Crippen LogP contribution in [-0.2, 0) is 14.3 Å². The van der Waals surface area contributed by atoms with E-state index in [1.807, 2.05) is 31.2 Å². The van der Waals surface area contributed by atoms with Crippen molar-refractivity contribution in [1.82, 2.24) is 0 Å². The highest BCUT2D eigenvalue weighted by atomic mass is 35.5. The molecular weight excluding hydrogens is 330 g/mol. The molecule has 2 aromatic carbocycles. The minimum absolute atomic E-state index is 0.0627. The van der Waals surface area contributed by atoms with Crippen LogP contribution in [0.25, 0.3) is 0 Å². The Labute approximate surface area is 145 Å². The summed E-state index contributed by atoms with van der Waals surface area (Å²) in [5, 5.41) is 2.99. The van der Waals surface area contributed by atoms with Gasteiger partial charge in [-0.25, -0.2) is 0 Å². The van der Waals surface area contributed by atoms with E-state index in [4.69, 9.17) is 21.1 Å². The second-order valence-electron chi connectivity index (χ2n) is 5.10. The maximum absolute atomic E-state index is 11.7. The summed E-state index contributed by atoms with van der Waals surface area (Å²) in [6.45, 7) is 1.80. The predicted molar refractivity (Wildman–Crippen MR) is 92.3 cm³/mol. The standard InChI is InChI=1S/C18H18ClNO4/c1-13-6-8-14(9-7-13)23-11-10-18(22)24-12-17(21)20-16-5-3-2-4-15(16)19/h2-9H,10-12H2,1H3,(H,20,21). The summed E-state index contributed by atoms with van der Waals surface area (Å²) in [4.78, 5) is 23.3. The molecule has 0 saturated heterocycles. The van der Waals surface area contributed by atoms with Gasteiger partial charge in [-0.05, 0) is 31.2 Å². The summed E-state index contributed by atoms with van der Waals surface area (Å²) in [5.41, 5.74) is 1.61. The van der Waals surface area contributed by atoms with Crippen LogP contribution in [0, 0.1) is 6.92 Å². The first kappa shape index (κ1) is 17.8. The largest absolute Gasteiger partial charge is 0.493 e. The molecular formula is C18H18ClNO4. The number of benzene rings is 2. The van der Waals surface area contributed by atoms with E-state index in [9.17, 15) is 9.59 Å². The van der Waals surface area contributed by atoms with Crippen molar-refractivity contribution in [3.63, 3.8) is 0 Å². The van der Waals surface area contributed by atoms with Gasteiger partial charge in [-0.15, -0.1) is 0 Å². The third-order valence-corrected chi connectivity index (χ3v) is 3.44. The molecule has 126 valence electrons. The molecule has 0 spiro atoms. The van der Waals surface area contributed by atoms with Gasteiger partial charge < -0.3 is 14.8 Å². The van der Waals surface area contributed by atoms with Gasteiger partial charge in [0.25, 0.3) is 5.91 Å². The van der Waals surface area contributed by atoms with Crippen molar-refractivity contribution < 1.29 is 19.1 Å². The van der Waals surface area contributed by atoms with Gasteiger partial charge in [0.05, 0.1) is 23.7 Å². The lowest BCUT2D eigenvalue weighted by Crippen LogP contribution is -2.21. The van der Waals surface area contributed by atoms with Crippen LogP contribution in [0.5, 0.6) is 5.75 Å². The Kier molecular flexibility index (Phi) is 6.63. The number of hydrogen-bond acceptors (Lipinski definition) is 4. The van der Waals surface area contributed by atoms with Crippen molar-refractivity contribution in [2.24, 2.45) is 0 Å². The summed E-state index contributed by atoms with van der Waals surface area (Å²) >= 11 is 5.93. The number of nitrogens with one attached hydrogen (secondary N) is 1. The van der Waals surface area contributed by atoms with Crippen LogP contribution in [0.2, 0.25) is 5.02 Å². The van der Waals surface area contributed by atoms with E-state index in [1.54, 1.807) is 24.3 Å². The third kappa shape index (κ3) is 5.93. The number of anilines is 1. The molecule has 2 rings (SSSR count). The highest BCUT2D eigenvalue weighted by molar-refractivity contribution is 6.33. The molecule has 2 aromatic rings. The number of halogens is 1. The molecule has 0 radical (unpaired) electrons. The number of hydrogen-bond donors (Lipinski definition) is 1. The van der Waals surface area contributed by atoms with Gasteiger partial charge in [-0.1, -0.05) is 41.4 Å². The topological polar surface area (TPSA) is 64.6 Å². The first-order chi connectivity index (χ1) is 11.5. The summed E-state index contributed by atoms with van der Waals surface area (Å²) in [6.07, 6.45) is 0.0627. The van der Waals surface area contributed by atoms with Crippen molar-refractivity contribution in [1.29, 1.82) is 0 Å². The van der Waals surface area contributed by atoms with Crippen LogP contribution < -0.4 is 10.1 Å². The molecule has 1 amide bonds. The Balaban J connectivity index is 1.66. The highest BCUT2D eigenvalue weighted by Gasteiger charge is 2.09. The van der Waals surface area contributed by atoms with Crippen molar-refractivity contribution in [2.75, 3.05) is 18.5 Å². The fraction of sp³-hybridized carbons (Fsp3) is 0.222. The van der Waals surface area contributed by atoms with Crippen molar-refractivity contribution in [2.45, 2.75) is 13.3 Å². The molecule has 0 aromatic heterocycles. The fourth-order valence-electron chi connectivity index (χ4n) is 1.85. The first-order valence-electron chi connectivity index (χ1n) is 7.44. The highest BCUT2D eigenvalue weighted by Crippen LogP contribution is 2.20. The number of ether oxygens (including phenoxy) is 2. The average Bonchev–Trinajstić information content (AvgIpc) is 2.57. The molecule has 0 aliphatic heterocycles. The van der Waals surface area contributed by atoms with Gasteiger partial charge in [-0.2, -0.15) is 0 Å². The number of para-hydroxylation sites is 1. The third-order valence-electron chi connectivity index (χ3n) is 3.11. The van der Waals surface area contributed by atoms with E-state index in [0.717, 1.165) is 5.56 Å². The molecule has 0 bridgehead atoms. The molecule has 0 unspecified atom stereocenters. The van der Waals surface area contributed by atoms with Gasteiger partial charge in [0, 0.05) is 0 Å². The Morgan fingerprint density at radius 3 is 2.50 bits per heavy atom. The second kappa shape index (κ2) is 8.93. The molecule has 0 atom stereocenters. The Hall–Kier alpha value is -2.53. The Morgan fingerprint density at radius 1 is 1.08 bits per heavy atom. The van der Waals surface area contributed by atoms with Gasteiger partial charge in [0.1, 0.15) is 5.75 Å². The Bertz CT molecular complexity index is 700. The summed E-state index contributed by atoms with van der Waals surface area (Å²) in [7, 11) is 0. The molecule has 1 N–H and O–H groups in total. The normalized spacial score (nSPS) is 10.1. The maximum atomic E-state index is 11.7. The lowest BCUT2D eigenvalue weighted by atomic mass is 10.2. The smallest absolute Gasteiger partial charge is 0.309 e. The van der Waals surface area contributed by atoms with E-state index in [-0.39, 0.29) is 19.6 Å². The van der Waals surface area contributed by atoms with Crippen LogP contribution >= 0.6 is 11.6 Å². The first-order valence-corrected chi connectivity index (χ1v) is 7.82. The predicted octanol–water partition coefficient (Wildman–Crippen LogP) is 3.60. The quantitative estimate of drug-likeness (QED) is 0.777. The fourth-order valence-corrected chi connectivity index (χ4v) is 2.04. The zero-order valence-electron chi connectivity index (χ0n) is 13.3. The lowest BCUT2D eigenvalue weighted by Gasteiger charge is -2.08. The number of amides is 1. The van der Waals surface area contributed by atoms with E-state index in [1.165, 1.54) is 0 Å². The van der Waals surface area contributed by atoms with Crippen molar-refractivity contribution in [3.8, 4) is 5.75 Å². The number of carbonyl (C=O) groups is 2. The van der Waals surface area contributed by atoms with E-state index >= 15 is 0 Å². The van der Waals surface area contributed by atoms with E-state index in [2.05, 4.69) is 5.32 Å². The number of rotatable bonds is 7. The van der Waals surface area contributed by atoms with Crippen LogP contribution in [0.3, 0.4) is 0 Å². The van der Waals surface area contributed by atoms with E-state index in [0.29, 0.717) is 16.5 Å². The summed E-state index contributed by atoms with van der Waals surface area (Å²) < 4.78 is 10.3. The molecule has 0 heterocycles. The van der Waals surface area contributed by atoms with Gasteiger partial charge in [-0.3, -0.25) is 9.59 Å². The number of esters is 1.